The highest BCUT2D eigenvalue weighted by molar-refractivity contribution is 5.82. The van der Waals surface area contributed by atoms with E-state index in [9.17, 15) is 0 Å². The molecule has 158 valence electrons. The van der Waals surface area contributed by atoms with E-state index in [0.717, 1.165) is 45.2 Å². The fraction of sp³-hybridized carbons (Fsp3) is 0.0345. The largest absolute Gasteiger partial charge is 0.304 e. The van der Waals surface area contributed by atoms with Gasteiger partial charge in [-0.15, -0.1) is 0 Å². The van der Waals surface area contributed by atoms with Gasteiger partial charge < -0.3 is 4.57 Å². The molecule has 3 aromatic carbocycles. The fourth-order valence-electron chi connectivity index (χ4n) is 4.35. The van der Waals surface area contributed by atoms with E-state index in [0.29, 0.717) is 6.54 Å². The van der Waals surface area contributed by atoms with Crippen molar-refractivity contribution in [1.82, 2.24) is 18.9 Å². The highest BCUT2D eigenvalue weighted by atomic mass is 15.2. The molecular weight excluding hydrogens is 404 g/mol. The molecule has 0 saturated heterocycles. The predicted octanol–water partition coefficient (Wildman–Crippen LogP) is 6.58. The minimum Gasteiger partial charge on any atom is -0.304 e. The molecule has 3 aromatic heterocycles. The Hall–Kier alpha value is -4.44. The van der Waals surface area contributed by atoms with E-state index in [4.69, 9.17) is 4.98 Å². The number of hydrogen-bond acceptors (Lipinski definition) is 2. The zero-order valence-corrected chi connectivity index (χ0v) is 18.0. The molecule has 0 spiro atoms. The Labute approximate surface area is 192 Å². The lowest BCUT2D eigenvalue weighted by Gasteiger charge is -2.09. The molecule has 0 aliphatic heterocycles. The third-order valence-corrected chi connectivity index (χ3v) is 5.89. The normalized spacial score (nSPS) is 11.2. The van der Waals surface area contributed by atoms with Crippen LogP contribution >= 0.6 is 0 Å². The van der Waals surface area contributed by atoms with Crippen LogP contribution in [0.25, 0.3) is 39.5 Å². The van der Waals surface area contributed by atoms with Crippen LogP contribution in [0.5, 0.6) is 0 Å². The summed E-state index contributed by atoms with van der Waals surface area (Å²) >= 11 is 0. The Balaban J connectivity index is 1.65. The minimum absolute atomic E-state index is 0.640. The van der Waals surface area contributed by atoms with Crippen LogP contribution in [-0.2, 0) is 6.54 Å². The van der Waals surface area contributed by atoms with Crippen molar-refractivity contribution in [1.29, 1.82) is 0 Å². The molecule has 0 unspecified atom stereocenters. The number of fused-ring (bicyclic) bond motifs is 1. The van der Waals surface area contributed by atoms with E-state index in [1.807, 2.05) is 36.5 Å². The molecule has 6 rings (SSSR count). The van der Waals surface area contributed by atoms with Gasteiger partial charge in [0.15, 0.2) is 0 Å². The second-order valence-corrected chi connectivity index (χ2v) is 8.00. The van der Waals surface area contributed by atoms with Crippen LogP contribution in [0.2, 0.25) is 0 Å². The molecular formula is C29H22N4. The average molecular weight is 427 g/mol. The molecule has 4 nitrogen and oxygen atoms in total. The van der Waals surface area contributed by atoms with Crippen LogP contribution in [-0.4, -0.2) is 18.9 Å². The lowest BCUT2D eigenvalue weighted by molar-refractivity contribution is 0.799. The summed E-state index contributed by atoms with van der Waals surface area (Å²) < 4.78 is 4.49. The predicted molar refractivity (Wildman–Crippen MR) is 133 cm³/mol. The number of imidazole rings is 2. The summed E-state index contributed by atoms with van der Waals surface area (Å²) in [6, 6.07) is 37.4. The van der Waals surface area contributed by atoms with Gasteiger partial charge in [0.2, 0.25) is 5.78 Å². The topological polar surface area (TPSA) is 35.1 Å². The van der Waals surface area contributed by atoms with Crippen LogP contribution in [0.15, 0.2) is 122 Å². The molecule has 0 saturated carbocycles. The summed E-state index contributed by atoms with van der Waals surface area (Å²) in [7, 11) is 0. The van der Waals surface area contributed by atoms with Gasteiger partial charge in [-0.05, 0) is 17.7 Å². The first kappa shape index (κ1) is 19.3. The Kier molecular flexibility index (Phi) is 4.81. The summed E-state index contributed by atoms with van der Waals surface area (Å²) in [5.41, 5.74) is 7.57. The van der Waals surface area contributed by atoms with Gasteiger partial charge in [0, 0.05) is 23.5 Å². The summed E-state index contributed by atoms with van der Waals surface area (Å²) in [6.07, 6.45) is 4.05. The van der Waals surface area contributed by atoms with Gasteiger partial charge in [-0.25, -0.2) is 4.98 Å². The fourth-order valence-corrected chi connectivity index (χ4v) is 4.35. The Morgan fingerprint density at radius 3 is 1.85 bits per heavy atom. The number of rotatable bonds is 5. The molecule has 0 aliphatic rings. The molecule has 0 bridgehead atoms. The van der Waals surface area contributed by atoms with Crippen molar-refractivity contribution in [2.75, 3.05) is 0 Å². The van der Waals surface area contributed by atoms with Crippen LogP contribution in [0, 0.1) is 0 Å². The first-order valence-corrected chi connectivity index (χ1v) is 11.1. The van der Waals surface area contributed by atoms with E-state index >= 15 is 0 Å². The standard InChI is InChI=1S/C29H22N4/c1-4-12-22(13-5-1)26-21-33-28(24-16-8-3-9-17-24)27(23-14-6-2-7-15-23)31-29(33)32(26)20-25-18-10-11-19-30-25/h1-19,21H,20H2. The molecule has 0 aliphatic carbocycles. The van der Waals surface area contributed by atoms with Crippen LogP contribution < -0.4 is 0 Å². The van der Waals surface area contributed by atoms with E-state index < -0.39 is 0 Å². The Bertz CT molecular complexity index is 1500. The minimum atomic E-state index is 0.640. The maximum atomic E-state index is 5.20. The van der Waals surface area contributed by atoms with Crippen molar-refractivity contribution in [3.8, 4) is 33.8 Å². The van der Waals surface area contributed by atoms with Crippen molar-refractivity contribution in [3.63, 3.8) is 0 Å². The van der Waals surface area contributed by atoms with Gasteiger partial charge in [-0.1, -0.05) is 97.1 Å². The van der Waals surface area contributed by atoms with Crippen molar-refractivity contribution < 1.29 is 0 Å². The first-order valence-electron chi connectivity index (χ1n) is 11.1. The number of benzene rings is 3. The third-order valence-electron chi connectivity index (χ3n) is 5.89. The molecule has 0 atom stereocenters. The maximum absolute atomic E-state index is 5.20. The maximum Gasteiger partial charge on any atom is 0.215 e. The molecule has 3 heterocycles. The Morgan fingerprint density at radius 1 is 0.606 bits per heavy atom. The zero-order valence-electron chi connectivity index (χ0n) is 18.0. The smallest absolute Gasteiger partial charge is 0.215 e. The highest BCUT2D eigenvalue weighted by Crippen LogP contribution is 2.35. The Morgan fingerprint density at radius 2 is 1.21 bits per heavy atom. The van der Waals surface area contributed by atoms with Crippen molar-refractivity contribution in [3.05, 3.63) is 127 Å². The third kappa shape index (κ3) is 3.52. The SMILES string of the molecule is c1ccc(-c2nc3n(Cc4ccccn4)c(-c4ccccc4)cn3c2-c2ccccc2)cc1. The molecule has 0 radical (unpaired) electrons. The molecule has 6 aromatic rings. The van der Waals surface area contributed by atoms with E-state index in [1.165, 1.54) is 0 Å². The van der Waals surface area contributed by atoms with Gasteiger partial charge in [0.05, 0.1) is 29.3 Å². The molecule has 0 amide bonds. The molecule has 33 heavy (non-hydrogen) atoms. The van der Waals surface area contributed by atoms with E-state index in [-0.39, 0.29) is 0 Å². The summed E-state index contributed by atoms with van der Waals surface area (Å²) in [4.78, 5) is 9.78. The average Bonchev–Trinajstić information content (AvgIpc) is 3.43. The molecule has 0 fully saturated rings. The van der Waals surface area contributed by atoms with Gasteiger partial charge in [-0.2, -0.15) is 0 Å². The lowest BCUT2D eigenvalue weighted by Crippen LogP contribution is -2.04. The highest BCUT2D eigenvalue weighted by Gasteiger charge is 2.21. The molecule has 0 N–H and O–H groups in total. The number of aromatic nitrogens is 4. The first-order chi connectivity index (χ1) is 16.4. The monoisotopic (exact) mass is 426 g/mol. The summed E-state index contributed by atoms with van der Waals surface area (Å²) in [5, 5.41) is 0. The van der Waals surface area contributed by atoms with Crippen molar-refractivity contribution in [2.45, 2.75) is 6.54 Å². The summed E-state index contributed by atoms with van der Waals surface area (Å²) in [6.45, 7) is 0.640. The number of hydrogen-bond donors (Lipinski definition) is 0. The summed E-state index contributed by atoms with van der Waals surface area (Å²) in [5.74, 6) is 0.900. The van der Waals surface area contributed by atoms with Crippen LogP contribution in [0.3, 0.4) is 0 Å². The van der Waals surface area contributed by atoms with E-state index in [1.54, 1.807) is 0 Å². The van der Waals surface area contributed by atoms with Crippen molar-refractivity contribution in [2.24, 2.45) is 0 Å². The second-order valence-electron chi connectivity index (χ2n) is 8.00. The van der Waals surface area contributed by atoms with Gasteiger partial charge >= 0.3 is 0 Å². The quantitative estimate of drug-likeness (QED) is 0.312. The number of pyridine rings is 1. The lowest BCUT2D eigenvalue weighted by atomic mass is 10.0. The molecule has 4 heteroatoms. The second kappa shape index (κ2) is 8.24. The van der Waals surface area contributed by atoms with Crippen LogP contribution in [0.1, 0.15) is 5.69 Å². The van der Waals surface area contributed by atoms with Gasteiger partial charge in [0.1, 0.15) is 0 Å². The van der Waals surface area contributed by atoms with Crippen molar-refractivity contribution >= 4 is 5.78 Å². The zero-order chi connectivity index (χ0) is 22.0. The van der Waals surface area contributed by atoms with Gasteiger partial charge in [0.25, 0.3) is 0 Å². The van der Waals surface area contributed by atoms with Crippen LogP contribution in [0.4, 0.5) is 0 Å². The number of nitrogens with zero attached hydrogens (tertiary/aromatic N) is 4. The van der Waals surface area contributed by atoms with Gasteiger partial charge in [-0.3, -0.25) is 9.38 Å². The van der Waals surface area contributed by atoms with E-state index in [2.05, 4.69) is 99.0 Å².